The van der Waals surface area contributed by atoms with Crippen LogP contribution in [-0.4, -0.2) is 19.5 Å². The van der Waals surface area contributed by atoms with Crippen molar-refractivity contribution in [2.24, 2.45) is 5.73 Å². The van der Waals surface area contributed by atoms with Gasteiger partial charge in [-0.3, -0.25) is 0 Å². The predicted molar refractivity (Wildman–Crippen MR) is 44.5 cm³/mol. The SMILES string of the molecule is NCC(NCC(F)F)c1ccco1. The van der Waals surface area contributed by atoms with Gasteiger partial charge in [0.1, 0.15) is 5.76 Å². The van der Waals surface area contributed by atoms with E-state index in [4.69, 9.17) is 10.2 Å². The number of hydrogen-bond acceptors (Lipinski definition) is 3. The van der Waals surface area contributed by atoms with Gasteiger partial charge in [0.15, 0.2) is 0 Å². The molecule has 1 rings (SSSR count). The van der Waals surface area contributed by atoms with Gasteiger partial charge in [-0.1, -0.05) is 0 Å². The van der Waals surface area contributed by atoms with Crippen LogP contribution in [0.2, 0.25) is 0 Å². The maximum Gasteiger partial charge on any atom is 0.250 e. The standard InChI is InChI=1S/C8H12F2N2O/c9-8(10)5-12-6(4-11)7-2-1-3-13-7/h1-3,6,8,12H,4-5,11H2. The van der Waals surface area contributed by atoms with Crippen LogP contribution in [0.4, 0.5) is 8.78 Å². The molecule has 3 N–H and O–H groups in total. The quantitative estimate of drug-likeness (QED) is 0.731. The van der Waals surface area contributed by atoms with Gasteiger partial charge in [0.05, 0.1) is 18.8 Å². The number of rotatable bonds is 5. The van der Waals surface area contributed by atoms with Gasteiger partial charge in [-0.2, -0.15) is 0 Å². The average molecular weight is 190 g/mol. The van der Waals surface area contributed by atoms with Crippen LogP contribution < -0.4 is 11.1 Å². The maximum atomic E-state index is 11.8. The Morgan fingerprint density at radius 2 is 2.31 bits per heavy atom. The Kier molecular flexibility index (Phi) is 3.85. The van der Waals surface area contributed by atoms with E-state index in [2.05, 4.69) is 5.32 Å². The number of nitrogens with two attached hydrogens (primary N) is 1. The average Bonchev–Trinajstić information content (AvgIpc) is 2.58. The summed E-state index contributed by atoms with van der Waals surface area (Å²) in [5.74, 6) is 0.586. The lowest BCUT2D eigenvalue weighted by molar-refractivity contribution is 0.140. The molecule has 0 aliphatic heterocycles. The van der Waals surface area contributed by atoms with Crippen molar-refractivity contribution in [2.75, 3.05) is 13.1 Å². The van der Waals surface area contributed by atoms with Crippen LogP contribution in [0.5, 0.6) is 0 Å². The summed E-state index contributed by atoms with van der Waals surface area (Å²) in [6.07, 6.45) is -0.883. The Balaban J connectivity index is 2.44. The van der Waals surface area contributed by atoms with Crippen molar-refractivity contribution >= 4 is 0 Å². The molecule has 0 aliphatic rings. The lowest BCUT2D eigenvalue weighted by Gasteiger charge is -2.13. The molecule has 1 aromatic rings. The first-order valence-corrected chi connectivity index (χ1v) is 3.99. The second kappa shape index (κ2) is 4.94. The number of halogens is 2. The van der Waals surface area contributed by atoms with E-state index in [1.165, 1.54) is 6.26 Å². The Morgan fingerprint density at radius 1 is 1.54 bits per heavy atom. The Bertz CT molecular complexity index is 226. The molecule has 1 unspecified atom stereocenters. The van der Waals surface area contributed by atoms with Gasteiger partial charge < -0.3 is 15.5 Å². The van der Waals surface area contributed by atoms with Crippen molar-refractivity contribution in [1.82, 2.24) is 5.32 Å². The first kappa shape index (κ1) is 10.1. The topological polar surface area (TPSA) is 51.2 Å². The molecular weight excluding hydrogens is 178 g/mol. The maximum absolute atomic E-state index is 11.8. The van der Waals surface area contributed by atoms with Gasteiger partial charge in [0, 0.05) is 6.54 Å². The zero-order valence-electron chi connectivity index (χ0n) is 7.04. The fourth-order valence-electron chi connectivity index (χ4n) is 1.02. The van der Waals surface area contributed by atoms with Gasteiger partial charge in [-0.05, 0) is 12.1 Å². The van der Waals surface area contributed by atoms with Gasteiger partial charge >= 0.3 is 0 Å². The normalized spacial score (nSPS) is 13.5. The van der Waals surface area contributed by atoms with Crippen molar-refractivity contribution in [1.29, 1.82) is 0 Å². The summed E-state index contributed by atoms with van der Waals surface area (Å²) in [4.78, 5) is 0. The molecule has 74 valence electrons. The molecule has 13 heavy (non-hydrogen) atoms. The van der Waals surface area contributed by atoms with E-state index in [1.54, 1.807) is 12.1 Å². The second-order valence-corrected chi connectivity index (χ2v) is 2.60. The van der Waals surface area contributed by atoms with E-state index in [9.17, 15) is 8.78 Å². The molecule has 0 fully saturated rings. The first-order valence-electron chi connectivity index (χ1n) is 3.99. The Labute approximate surface area is 74.9 Å². The van der Waals surface area contributed by atoms with Gasteiger partial charge in [0.25, 0.3) is 6.43 Å². The molecule has 0 spiro atoms. The molecule has 0 saturated carbocycles. The number of alkyl halides is 2. The van der Waals surface area contributed by atoms with Crippen LogP contribution in [0.3, 0.4) is 0 Å². The third kappa shape index (κ3) is 3.12. The third-order valence-corrected chi connectivity index (χ3v) is 1.64. The van der Waals surface area contributed by atoms with Crippen LogP contribution in [0.1, 0.15) is 11.8 Å². The number of nitrogens with one attached hydrogen (secondary N) is 1. The Morgan fingerprint density at radius 3 is 2.77 bits per heavy atom. The molecule has 0 aromatic carbocycles. The molecule has 0 saturated heterocycles. The lowest BCUT2D eigenvalue weighted by atomic mass is 10.2. The highest BCUT2D eigenvalue weighted by Gasteiger charge is 2.13. The summed E-state index contributed by atoms with van der Waals surface area (Å²) >= 11 is 0. The second-order valence-electron chi connectivity index (χ2n) is 2.60. The number of furan rings is 1. The zero-order chi connectivity index (χ0) is 9.68. The van der Waals surface area contributed by atoms with Crippen molar-refractivity contribution < 1.29 is 13.2 Å². The molecule has 0 bridgehead atoms. The summed E-state index contributed by atoms with van der Waals surface area (Å²) in [7, 11) is 0. The van der Waals surface area contributed by atoms with E-state index >= 15 is 0 Å². The minimum atomic E-state index is -2.37. The van der Waals surface area contributed by atoms with E-state index in [0.717, 1.165) is 0 Å². The third-order valence-electron chi connectivity index (χ3n) is 1.64. The van der Waals surface area contributed by atoms with Crippen molar-refractivity contribution in [3.05, 3.63) is 24.2 Å². The summed E-state index contributed by atoms with van der Waals surface area (Å²) in [5.41, 5.74) is 5.38. The number of hydrogen-bond donors (Lipinski definition) is 2. The van der Waals surface area contributed by atoms with E-state index in [0.29, 0.717) is 5.76 Å². The van der Waals surface area contributed by atoms with Gasteiger partial charge in [-0.25, -0.2) is 8.78 Å². The van der Waals surface area contributed by atoms with Crippen molar-refractivity contribution in [2.45, 2.75) is 12.5 Å². The lowest BCUT2D eigenvalue weighted by Crippen LogP contribution is -2.31. The summed E-state index contributed by atoms with van der Waals surface area (Å²) in [6.45, 7) is -0.136. The summed E-state index contributed by atoms with van der Waals surface area (Å²) in [6, 6.07) is 3.07. The molecule has 5 heteroatoms. The van der Waals surface area contributed by atoms with Crippen LogP contribution in [-0.2, 0) is 0 Å². The molecule has 0 aliphatic carbocycles. The van der Waals surface area contributed by atoms with Crippen LogP contribution in [0.15, 0.2) is 22.8 Å². The van der Waals surface area contributed by atoms with Crippen LogP contribution in [0, 0.1) is 0 Å². The van der Waals surface area contributed by atoms with Crippen molar-refractivity contribution in [3.8, 4) is 0 Å². The minimum Gasteiger partial charge on any atom is -0.468 e. The highest BCUT2D eigenvalue weighted by molar-refractivity contribution is 5.04. The van der Waals surface area contributed by atoms with Crippen molar-refractivity contribution in [3.63, 3.8) is 0 Å². The van der Waals surface area contributed by atoms with Crippen LogP contribution >= 0.6 is 0 Å². The van der Waals surface area contributed by atoms with E-state index in [-0.39, 0.29) is 19.1 Å². The van der Waals surface area contributed by atoms with Gasteiger partial charge in [0.2, 0.25) is 0 Å². The highest BCUT2D eigenvalue weighted by atomic mass is 19.3. The Hall–Kier alpha value is -0.940. The predicted octanol–water partition coefficient (Wildman–Crippen LogP) is 1.13. The van der Waals surface area contributed by atoms with Gasteiger partial charge in [-0.15, -0.1) is 0 Å². The summed E-state index contributed by atoms with van der Waals surface area (Å²) < 4.78 is 28.7. The molecule has 0 amide bonds. The molecule has 3 nitrogen and oxygen atoms in total. The smallest absolute Gasteiger partial charge is 0.250 e. The summed E-state index contributed by atoms with van der Waals surface area (Å²) in [5, 5.41) is 2.60. The largest absolute Gasteiger partial charge is 0.468 e. The zero-order valence-corrected chi connectivity index (χ0v) is 7.04. The molecule has 0 radical (unpaired) electrons. The minimum absolute atomic E-state index is 0.236. The van der Waals surface area contributed by atoms with E-state index < -0.39 is 6.43 Å². The fraction of sp³-hybridized carbons (Fsp3) is 0.500. The van der Waals surface area contributed by atoms with Crippen LogP contribution in [0.25, 0.3) is 0 Å². The molecule has 1 atom stereocenters. The molecular formula is C8H12F2N2O. The molecule has 1 aromatic heterocycles. The fourth-order valence-corrected chi connectivity index (χ4v) is 1.02. The monoisotopic (exact) mass is 190 g/mol. The highest BCUT2D eigenvalue weighted by Crippen LogP contribution is 2.11. The molecule has 1 heterocycles. The van der Waals surface area contributed by atoms with E-state index in [1.807, 2.05) is 0 Å². The first-order chi connectivity index (χ1) is 6.24.